The molecular weight excluding hydrogens is 355 g/mol. The Morgan fingerprint density at radius 1 is 1.29 bits per heavy atom. The minimum atomic E-state index is -0.508. The lowest BCUT2D eigenvalue weighted by Crippen LogP contribution is -2.27. The molecule has 1 amide bonds. The van der Waals surface area contributed by atoms with E-state index in [2.05, 4.69) is 0 Å². The molecule has 126 valence electrons. The van der Waals surface area contributed by atoms with Gasteiger partial charge in [-0.2, -0.15) is 0 Å². The lowest BCUT2D eigenvalue weighted by molar-refractivity contribution is -0.384. The molecule has 0 radical (unpaired) electrons. The van der Waals surface area contributed by atoms with Crippen molar-refractivity contribution < 1.29 is 14.1 Å². The zero-order chi connectivity index (χ0) is 17.7. The van der Waals surface area contributed by atoms with E-state index in [4.69, 9.17) is 11.6 Å². The molecule has 2 rings (SSSR count). The molecule has 0 saturated heterocycles. The summed E-state index contributed by atoms with van der Waals surface area (Å²) in [5.41, 5.74) is 0.435. The number of hydrogen-bond donors (Lipinski definition) is 0. The topological polar surface area (TPSA) is 63.4 Å². The molecular formula is C16H14ClFN2O3S. The Hall–Kier alpha value is -2.12. The number of hydrogen-bond acceptors (Lipinski definition) is 4. The maximum Gasteiger partial charge on any atom is 0.269 e. The van der Waals surface area contributed by atoms with Gasteiger partial charge in [-0.1, -0.05) is 11.6 Å². The maximum absolute atomic E-state index is 12.8. The fraction of sp³-hybridized carbons (Fsp3) is 0.188. The van der Waals surface area contributed by atoms with Crippen LogP contribution in [0.15, 0.2) is 47.4 Å². The first-order chi connectivity index (χ1) is 11.4. The molecule has 2 aromatic carbocycles. The second-order valence-corrected chi connectivity index (χ2v) is 6.48. The molecule has 0 aliphatic rings. The minimum Gasteiger partial charge on any atom is -0.341 e. The summed E-state index contributed by atoms with van der Waals surface area (Å²) in [6.07, 6.45) is 0. The summed E-state index contributed by atoms with van der Waals surface area (Å²) in [6, 6.07) is 9.99. The summed E-state index contributed by atoms with van der Waals surface area (Å²) in [4.78, 5) is 24.7. The van der Waals surface area contributed by atoms with Crippen LogP contribution in [0.1, 0.15) is 5.56 Å². The Morgan fingerprint density at radius 2 is 1.96 bits per heavy atom. The van der Waals surface area contributed by atoms with Gasteiger partial charge in [-0.05, 0) is 35.9 Å². The number of carbonyl (C=O) groups is 1. The Morgan fingerprint density at radius 3 is 2.58 bits per heavy atom. The van der Waals surface area contributed by atoms with Crippen molar-refractivity contribution in [2.24, 2.45) is 0 Å². The molecule has 0 N–H and O–H groups in total. The predicted octanol–water partition coefficient (Wildman–Crippen LogP) is 4.14. The third-order valence-electron chi connectivity index (χ3n) is 3.25. The van der Waals surface area contributed by atoms with Crippen LogP contribution < -0.4 is 0 Å². The van der Waals surface area contributed by atoms with Gasteiger partial charge in [-0.15, -0.1) is 11.8 Å². The lowest BCUT2D eigenvalue weighted by atomic mass is 10.2. The van der Waals surface area contributed by atoms with Crippen molar-refractivity contribution in [3.63, 3.8) is 0 Å². The van der Waals surface area contributed by atoms with E-state index in [1.807, 2.05) is 0 Å². The van der Waals surface area contributed by atoms with E-state index in [9.17, 15) is 19.3 Å². The van der Waals surface area contributed by atoms with Crippen LogP contribution in [0, 0.1) is 15.9 Å². The average molecular weight is 369 g/mol. The smallest absolute Gasteiger partial charge is 0.269 e. The number of halogens is 2. The molecule has 0 saturated carbocycles. The van der Waals surface area contributed by atoms with E-state index in [1.165, 1.54) is 47.0 Å². The van der Waals surface area contributed by atoms with Crippen LogP contribution in [0.2, 0.25) is 5.02 Å². The highest BCUT2D eigenvalue weighted by Crippen LogP contribution is 2.24. The predicted molar refractivity (Wildman–Crippen MR) is 91.7 cm³/mol. The Bertz CT molecular complexity index is 755. The number of thioether (sulfide) groups is 1. The van der Waals surface area contributed by atoms with Crippen molar-refractivity contribution in [1.29, 1.82) is 0 Å². The number of nitrogens with zero attached hydrogens (tertiary/aromatic N) is 2. The van der Waals surface area contributed by atoms with Crippen molar-refractivity contribution in [2.45, 2.75) is 11.4 Å². The normalized spacial score (nSPS) is 10.5. The van der Waals surface area contributed by atoms with Gasteiger partial charge in [-0.25, -0.2) is 4.39 Å². The monoisotopic (exact) mass is 368 g/mol. The third-order valence-corrected chi connectivity index (χ3v) is 4.61. The van der Waals surface area contributed by atoms with Gasteiger partial charge < -0.3 is 4.90 Å². The van der Waals surface area contributed by atoms with Gasteiger partial charge in [0.2, 0.25) is 5.91 Å². The van der Waals surface area contributed by atoms with Gasteiger partial charge in [0.25, 0.3) is 5.69 Å². The van der Waals surface area contributed by atoms with Gasteiger partial charge in [-0.3, -0.25) is 14.9 Å². The van der Waals surface area contributed by atoms with E-state index in [-0.39, 0.29) is 29.7 Å². The number of nitro benzene ring substituents is 1. The first kappa shape index (κ1) is 18.2. The number of rotatable bonds is 6. The molecule has 0 aromatic heterocycles. The molecule has 0 aliphatic heterocycles. The van der Waals surface area contributed by atoms with E-state index in [0.717, 1.165) is 4.90 Å². The molecule has 0 aliphatic carbocycles. The van der Waals surface area contributed by atoms with Crippen molar-refractivity contribution in [2.75, 3.05) is 12.8 Å². The summed E-state index contributed by atoms with van der Waals surface area (Å²) in [7, 11) is 1.60. The first-order valence-electron chi connectivity index (χ1n) is 6.92. The van der Waals surface area contributed by atoms with E-state index in [0.29, 0.717) is 10.6 Å². The van der Waals surface area contributed by atoms with Crippen LogP contribution in [0.3, 0.4) is 0 Å². The largest absolute Gasteiger partial charge is 0.341 e. The molecule has 2 aromatic rings. The van der Waals surface area contributed by atoms with Gasteiger partial charge in [0.15, 0.2) is 0 Å². The van der Waals surface area contributed by atoms with Crippen molar-refractivity contribution >= 4 is 35.0 Å². The number of carbonyl (C=O) groups excluding carboxylic acids is 1. The van der Waals surface area contributed by atoms with Gasteiger partial charge in [0, 0.05) is 35.6 Å². The Labute approximate surface area is 147 Å². The van der Waals surface area contributed by atoms with Crippen molar-refractivity contribution in [3.05, 3.63) is 69.0 Å². The van der Waals surface area contributed by atoms with Crippen LogP contribution in [0.4, 0.5) is 10.1 Å². The Kier molecular flexibility index (Phi) is 6.16. The van der Waals surface area contributed by atoms with Crippen molar-refractivity contribution in [1.82, 2.24) is 4.90 Å². The third kappa shape index (κ3) is 4.94. The molecule has 5 nitrogen and oxygen atoms in total. The Balaban J connectivity index is 1.97. The van der Waals surface area contributed by atoms with Crippen LogP contribution in [0.5, 0.6) is 0 Å². The molecule has 0 fully saturated rings. The number of amides is 1. The second-order valence-electron chi connectivity index (χ2n) is 5.03. The van der Waals surface area contributed by atoms with E-state index >= 15 is 0 Å². The fourth-order valence-corrected chi connectivity index (χ4v) is 2.94. The molecule has 24 heavy (non-hydrogen) atoms. The number of non-ortho nitro benzene ring substituents is 1. The molecule has 8 heteroatoms. The summed E-state index contributed by atoms with van der Waals surface area (Å²) >= 11 is 7.33. The molecule has 0 bridgehead atoms. The summed E-state index contributed by atoms with van der Waals surface area (Å²) in [5, 5.41) is 11.2. The SMILES string of the molecule is CN(Cc1cc([N+](=O)[O-])ccc1Cl)C(=O)CSc1ccc(F)cc1. The lowest BCUT2D eigenvalue weighted by Gasteiger charge is -2.17. The van der Waals surface area contributed by atoms with Gasteiger partial charge in [0.05, 0.1) is 10.7 Å². The van der Waals surface area contributed by atoms with Gasteiger partial charge in [0.1, 0.15) is 5.82 Å². The molecule has 0 atom stereocenters. The van der Waals surface area contributed by atoms with Gasteiger partial charge >= 0.3 is 0 Å². The standard InChI is InChI=1S/C16H14ClFN2O3S/c1-19(9-11-8-13(20(22)23)4-7-15(11)17)16(21)10-24-14-5-2-12(18)3-6-14/h2-8H,9-10H2,1H3. The highest BCUT2D eigenvalue weighted by atomic mass is 35.5. The van der Waals surface area contributed by atoms with E-state index in [1.54, 1.807) is 19.2 Å². The quantitative estimate of drug-likeness (QED) is 0.436. The molecule has 0 heterocycles. The van der Waals surface area contributed by atoms with Crippen LogP contribution in [-0.4, -0.2) is 28.5 Å². The van der Waals surface area contributed by atoms with E-state index < -0.39 is 4.92 Å². The van der Waals surface area contributed by atoms with Crippen LogP contribution in [0.25, 0.3) is 0 Å². The fourth-order valence-electron chi connectivity index (χ4n) is 1.93. The van der Waals surface area contributed by atoms with Crippen LogP contribution >= 0.6 is 23.4 Å². The van der Waals surface area contributed by atoms with Crippen LogP contribution in [-0.2, 0) is 11.3 Å². The van der Waals surface area contributed by atoms with Crippen molar-refractivity contribution in [3.8, 4) is 0 Å². The second kappa shape index (κ2) is 8.12. The number of nitro groups is 1. The summed E-state index contributed by atoms with van der Waals surface area (Å²) in [6.45, 7) is 0.170. The highest BCUT2D eigenvalue weighted by molar-refractivity contribution is 8.00. The minimum absolute atomic E-state index is 0.0732. The molecule has 0 spiro atoms. The maximum atomic E-state index is 12.8. The summed E-state index contributed by atoms with van der Waals surface area (Å²) < 4.78 is 12.8. The zero-order valence-electron chi connectivity index (χ0n) is 12.7. The zero-order valence-corrected chi connectivity index (χ0v) is 14.3. The number of benzene rings is 2. The highest BCUT2D eigenvalue weighted by Gasteiger charge is 2.15. The molecule has 0 unspecified atom stereocenters. The summed E-state index contributed by atoms with van der Waals surface area (Å²) in [5.74, 6) is -0.315. The first-order valence-corrected chi connectivity index (χ1v) is 8.28. The average Bonchev–Trinajstić information content (AvgIpc) is 2.55.